The van der Waals surface area contributed by atoms with Crippen LogP contribution in [0.4, 0.5) is 0 Å². The maximum Gasteiger partial charge on any atom is 0.0239 e. The van der Waals surface area contributed by atoms with Crippen LogP contribution in [0.1, 0.15) is 18.1 Å². The summed E-state index contributed by atoms with van der Waals surface area (Å²) in [7, 11) is 0. The molecule has 1 aromatic carbocycles. The molecule has 0 N–H and O–H groups in total. The summed E-state index contributed by atoms with van der Waals surface area (Å²) < 4.78 is 0. The molecule has 0 amide bonds. The Morgan fingerprint density at radius 3 is 2.86 bits per heavy atom. The molecule has 0 radical (unpaired) electrons. The number of fused-ring (bicyclic) bond motifs is 1. The van der Waals surface area contributed by atoms with E-state index < -0.39 is 0 Å². The number of nitrogens with zero attached hydrogens (tertiary/aromatic N) is 1. The van der Waals surface area contributed by atoms with Gasteiger partial charge in [0.25, 0.3) is 0 Å². The molecule has 0 aromatic heterocycles. The molecule has 0 saturated carbocycles. The van der Waals surface area contributed by atoms with Gasteiger partial charge in [0.05, 0.1) is 0 Å². The molecule has 1 aliphatic rings. The van der Waals surface area contributed by atoms with Crippen molar-refractivity contribution in [1.82, 2.24) is 4.90 Å². The molecule has 0 spiro atoms. The summed E-state index contributed by atoms with van der Waals surface area (Å²) in [6.45, 7) is 5.48. The van der Waals surface area contributed by atoms with Gasteiger partial charge in [-0.25, -0.2) is 0 Å². The average Bonchev–Trinajstić information content (AvgIpc) is 2.26. The highest BCUT2D eigenvalue weighted by atomic mass is 15.1. The molecule has 1 heterocycles. The van der Waals surface area contributed by atoms with Crippen LogP contribution in [0.5, 0.6) is 0 Å². The van der Waals surface area contributed by atoms with Gasteiger partial charge in [-0.2, -0.15) is 0 Å². The molecule has 0 aliphatic carbocycles. The zero-order valence-electron chi connectivity index (χ0n) is 8.74. The fraction of sp³-hybridized carbons (Fsp3) is 0.385. The van der Waals surface area contributed by atoms with Crippen molar-refractivity contribution in [3.8, 4) is 0 Å². The van der Waals surface area contributed by atoms with Gasteiger partial charge < -0.3 is 0 Å². The van der Waals surface area contributed by atoms with Crippen LogP contribution < -0.4 is 0 Å². The normalized spacial score (nSPS) is 17.2. The zero-order chi connectivity index (χ0) is 9.80. The molecule has 1 heteroatoms. The molecule has 1 aliphatic heterocycles. The summed E-state index contributed by atoms with van der Waals surface area (Å²) in [4.78, 5) is 2.49. The van der Waals surface area contributed by atoms with Crippen LogP contribution in [0.2, 0.25) is 0 Å². The average molecular weight is 187 g/mol. The maximum atomic E-state index is 2.49. The fourth-order valence-corrected chi connectivity index (χ4v) is 1.96. The van der Waals surface area contributed by atoms with Crippen molar-refractivity contribution in [2.45, 2.75) is 19.9 Å². The lowest BCUT2D eigenvalue weighted by Crippen LogP contribution is -2.30. The lowest BCUT2D eigenvalue weighted by atomic mass is 10.00. The molecule has 0 unspecified atom stereocenters. The predicted octanol–water partition coefficient (Wildman–Crippen LogP) is 2.62. The van der Waals surface area contributed by atoms with E-state index in [9.17, 15) is 0 Å². The van der Waals surface area contributed by atoms with Gasteiger partial charge in [-0.1, -0.05) is 36.4 Å². The summed E-state index contributed by atoms with van der Waals surface area (Å²) in [6, 6.07) is 8.78. The number of hydrogen-bond donors (Lipinski definition) is 0. The molecule has 74 valence electrons. The Morgan fingerprint density at radius 1 is 1.29 bits per heavy atom. The Morgan fingerprint density at radius 2 is 2.07 bits per heavy atom. The molecule has 0 bridgehead atoms. The Balaban J connectivity index is 2.06. The third kappa shape index (κ3) is 2.05. The molecular formula is C13H17N. The van der Waals surface area contributed by atoms with Gasteiger partial charge in [0.15, 0.2) is 0 Å². The Hall–Kier alpha value is -1.08. The van der Waals surface area contributed by atoms with Gasteiger partial charge in [0.2, 0.25) is 0 Å². The van der Waals surface area contributed by atoms with E-state index in [0.717, 1.165) is 13.1 Å². The predicted molar refractivity (Wildman–Crippen MR) is 60.2 cm³/mol. The summed E-state index contributed by atoms with van der Waals surface area (Å²) >= 11 is 0. The number of rotatable bonds is 2. The van der Waals surface area contributed by atoms with Gasteiger partial charge in [-0.05, 0) is 24.5 Å². The minimum Gasteiger partial charge on any atom is -0.295 e. The first-order chi connectivity index (χ1) is 6.90. The van der Waals surface area contributed by atoms with Gasteiger partial charge >= 0.3 is 0 Å². The third-order valence-electron chi connectivity index (χ3n) is 2.81. The van der Waals surface area contributed by atoms with Crippen LogP contribution >= 0.6 is 0 Å². The highest BCUT2D eigenvalue weighted by Crippen LogP contribution is 2.17. The van der Waals surface area contributed by atoms with Crippen molar-refractivity contribution in [2.75, 3.05) is 13.1 Å². The fourth-order valence-electron chi connectivity index (χ4n) is 1.96. The molecule has 1 aromatic rings. The van der Waals surface area contributed by atoms with Gasteiger partial charge in [0.1, 0.15) is 0 Å². The first-order valence-corrected chi connectivity index (χ1v) is 5.30. The Kier molecular flexibility index (Phi) is 3.00. The number of allylic oxidation sites excluding steroid dienone is 1. The van der Waals surface area contributed by atoms with Crippen molar-refractivity contribution in [3.63, 3.8) is 0 Å². The van der Waals surface area contributed by atoms with E-state index >= 15 is 0 Å². The second-order valence-corrected chi connectivity index (χ2v) is 3.82. The second-order valence-electron chi connectivity index (χ2n) is 3.82. The van der Waals surface area contributed by atoms with E-state index in [1.807, 2.05) is 0 Å². The van der Waals surface area contributed by atoms with Crippen LogP contribution in [0.15, 0.2) is 36.4 Å². The first kappa shape index (κ1) is 9.47. The largest absolute Gasteiger partial charge is 0.295 e. The quantitative estimate of drug-likeness (QED) is 0.643. The standard InChI is InChI=1S/C13H17N/c1-2-3-9-14-10-8-12-6-4-5-7-13(12)11-14/h2-7H,8-11H2,1H3/b3-2+. The topological polar surface area (TPSA) is 3.24 Å². The lowest BCUT2D eigenvalue weighted by molar-refractivity contribution is 0.282. The molecule has 2 rings (SSSR count). The van der Waals surface area contributed by atoms with Crippen molar-refractivity contribution in [3.05, 3.63) is 47.5 Å². The van der Waals surface area contributed by atoms with Crippen LogP contribution in [0.3, 0.4) is 0 Å². The molecule has 0 atom stereocenters. The summed E-state index contributed by atoms with van der Waals surface area (Å²) in [6.07, 6.45) is 5.56. The minimum absolute atomic E-state index is 1.09. The van der Waals surface area contributed by atoms with E-state index in [1.54, 1.807) is 0 Å². The maximum absolute atomic E-state index is 2.49. The summed E-state index contributed by atoms with van der Waals surface area (Å²) in [5.41, 5.74) is 3.03. The monoisotopic (exact) mass is 187 g/mol. The smallest absolute Gasteiger partial charge is 0.0239 e. The molecule has 14 heavy (non-hydrogen) atoms. The van der Waals surface area contributed by atoms with Crippen LogP contribution in [-0.4, -0.2) is 18.0 Å². The van der Waals surface area contributed by atoms with E-state index in [4.69, 9.17) is 0 Å². The van der Waals surface area contributed by atoms with Crippen molar-refractivity contribution in [2.24, 2.45) is 0 Å². The number of hydrogen-bond acceptors (Lipinski definition) is 1. The highest BCUT2D eigenvalue weighted by Gasteiger charge is 2.13. The van der Waals surface area contributed by atoms with E-state index in [2.05, 4.69) is 48.2 Å². The zero-order valence-corrected chi connectivity index (χ0v) is 8.74. The van der Waals surface area contributed by atoms with Crippen LogP contribution in [0, 0.1) is 0 Å². The van der Waals surface area contributed by atoms with Crippen molar-refractivity contribution < 1.29 is 0 Å². The lowest BCUT2D eigenvalue weighted by Gasteiger charge is -2.27. The van der Waals surface area contributed by atoms with Crippen molar-refractivity contribution >= 4 is 0 Å². The van der Waals surface area contributed by atoms with Gasteiger partial charge in [-0.3, -0.25) is 4.90 Å². The van der Waals surface area contributed by atoms with Crippen molar-refractivity contribution in [1.29, 1.82) is 0 Å². The first-order valence-electron chi connectivity index (χ1n) is 5.30. The Labute approximate surface area is 86.1 Å². The van der Waals surface area contributed by atoms with E-state index in [-0.39, 0.29) is 0 Å². The van der Waals surface area contributed by atoms with Gasteiger partial charge in [0, 0.05) is 19.6 Å². The van der Waals surface area contributed by atoms with Crippen LogP contribution in [-0.2, 0) is 13.0 Å². The number of benzene rings is 1. The van der Waals surface area contributed by atoms with E-state index in [0.29, 0.717) is 0 Å². The molecule has 0 fully saturated rings. The minimum atomic E-state index is 1.09. The molecular weight excluding hydrogens is 170 g/mol. The summed E-state index contributed by atoms with van der Waals surface area (Å²) in [5, 5.41) is 0. The summed E-state index contributed by atoms with van der Waals surface area (Å²) in [5.74, 6) is 0. The second kappa shape index (κ2) is 4.43. The van der Waals surface area contributed by atoms with E-state index in [1.165, 1.54) is 24.1 Å². The third-order valence-corrected chi connectivity index (χ3v) is 2.81. The SMILES string of the molecule is C/C=C/CN1CCc2ccccc2C1. The Bertz CT molecular complexity index is 328. The molecule has 0 saturated heterocycles. The van der Waals surface area contributed by atoms with Crippen LogP contribution in [0.25, 0.3) is 0 Å². The molecule has 1 nitrogen and oxygen atoms in total. The van der Waals surface area contributed by atoms with Gasteiger partial charge in [-0.15, -0.1) is 0 Å². The highest BCUT2D eigenvalue weighted by molar-refractivity contribution is 5.29.